The highest BCUT2D eigenvalue weighted by Crippen LogP contribution is 2.27. The first-order valence-corrected chi connectivity index (χ1v) is 27.8. The molecule has 2 aliphatic rings. The molecule has 0 bridgehead atoms. The molecule has 2 aliphatic heterocycles. The second kappa shape index (κ2) is 30.3. The third-order valence-electron chi connectivity index (χ3n) is 15.5. The number of esters is 1. The number of nitrogens with one attached hydrogen (secondary N) is 3. The quantitative estimate of drug-likeness (QED) is 0.165. The SMILES string of the molecule is CCC(C)C1C(=O)N(C)C(C(C)CC)C(=O)NC(CC(=O)O)C(=O)N(C)C(C(C)C)C(=O)NC(CC(C)C)C(=O)OC(C)C(=O)N2CCCCC2C(=O)N(C)C(C(C)C)C(=O)NC(C(C)C)C(=O)N(C)C(CC(=O)O)C(=O)N1C. The standard InChI is InChI=1S/C55H93N9O15/c1-19-32(11)44-48(71)56-35(26-39(65)66)50(73)60(15)42(30(7)8)46(69)57-36(25-28(3)4)55(78)79-34(13)49(72)64-24-22-21-23-37(64)51(74)61(16)43(31(9)10)47(70)58-41(29(5)6)53(76)59(14)38(27-40(67)68)52(75)63(18)45(33(12)20-2)54(77)62(44)17/h28-38,41-45H,19-27H2,1-18H3,(H,56,71)(H,57,69)(H,58,70)(H,65,66)(H,67,68). The minimum atomic E-state index is -1.80. The lowest BCUT2D eigenvalue weighted by atomic mass is 9.92. The van der Waals surface area contributed by atoms with Crippen molar-refractivity contribution >= 4 is 71.1 Å². The molecule has 24 heteroatoms. The highest BCUT2D eigenvalue weighted by Gasteiger charge is 2.46. The second-order valence-electron chi connectivity index (χ2n) is 23.1. The number of hydrogen-bond acceptors (Lipinski definition) is 13. The van der Waals surface area contributed by atoms with Crippen LogP contribution in [0.3, 0.4) is 0 Å². The van der Waals surface area contributed by atoms with E-state index in [1.807, 2.05) is 0 Å². The van der Waals surface area contributed by atoms with Crippen LogP contribution < -0.4 is 16.0 Å². The molecule has 0 aromatic heterocycles. The van der Waals surface area contributed by atoms with Crippen LogP contribution in [0.25, 0.3) is 0 Å². The Labute approximate surface area is 466 Å². The zero-order valence-corrected chi connectivity index (χ0v) is 50.0. The van der Waals surface area contributed by atoms with Crippen molar-refractivity contribution < 1.29 is 72.5 Å². The number of nitrogens with zero attached hydrogens (tertiary/aromatic N) is 6. The van der Waals surface area contributed by atoms with E-state index in [1.165, 1.54) is 52.0 Å². The summed E-state index contributed by atoms with van der Waals surface area (Å²) in [5.74, 6) is -14.9. The maximum atomic E-state index is 15.0. The third-order valence-corrected chi connectivity index (χ3v) is 15.5. The molecule has 448 valence electrons. The Kier molecular flexibility index (Phi) is 26.4. The number of aliphatic carboxylic acids is 2. The van der Waals surface area contributed by atoms with Crippen LogP contribution in [0, 0.1) is 35.5 Å². The molecule has 9 amide bonds. The summed E-state index contributed by atoms with van der Waals surface area (Å²) in [5, 5.41) is 28.2. The normalized spacial score (nSPS) is 28.0. The maximum absolute atomic E-state index is 15.0. The van der Waals surface area contributed by atoms with Crippen molar-refractivity contribution in [1.82, 2.24) is 45.3 Å². The van der Waals surface area contributed by atoms with Crippen LogP contribution in [0.4, 0.5) is 0 Å². The monoisotopic (exact) mass is 1120 g/mol. The number of hydrogen-bond donors (Lipinski definition) is 5. The molecule has 2 rings (SSSR count). The van der Waals surface area contributed by atoms with E-state index in [-0.39, 0.29) is 38.1 Å². The van der Waals surface area contributed by atoms with Gasteiger partial charge in [0.15, 0.2) is 6.10 Å². The van der Waals surface area contributed by atoms with Gasteiger partial charge in [-0.3, -0.25) is 52.7 Å². The fourth-order valence-electron chi connectivity index (χ4n) is 10.6. The topological polar surface area (TPSA) is 310 Å². The van der Waals surface area contributed by atoms with Gasteiger partial charge in [-0.1, -0.05) is 95.9 Å². The van der Waals surface area contributed by atoms with Crippen LogP contribution in [0.1, 0.15) is 141 Å². The zero-order valence-electron chi connectivity index (χ0n) is 50.0. The van der Waals surface area contributed by atoms with Gasteiger partial charge in [0.05, 0.1) is 12.8 Å². The number of carboxylic acid groups (broad SMARTS) is 2. The number of cyclic esters (lactones) is 1. The average molecular weight is 1120 g/mol. The average Bonchev–Trinajstić information content (AvgIpc) is 3.36. The molecule has 2 fully saturated rings. The van der Waals surface area contributed by atoms with E-state index in [0.717, 1.165) is 19.6 Å². The van der Waals surface area contributed by atoms with Crippen LogP contribution in [0.2, 0.25) is 0 Å². The molecule has 0 spiro atoms. The number of carbonyl (C=O) groups is 12. The zero-order chi connectivity index (χ0) is 60.8. The van der Waals surface area contributed by atoms with Gasteiger partial charge in [0.2, 0.25) is 47.3 Å². The molecule has 5 N–H and O–H groups in total. The fourth-order valence-corrected chi connectivity index (χ4v) is 10.6. The van der Waals surface area contributed by atoms with Crippen molar-refractivity contribution in [1.29, 1.82) is 0 Å². The molecule has 2 saturated heterocycles. The molecule has 12 atom stereocenters. The summed E-state index contributed by atoms with van der Waals surface area (Å²) in [7, 11) is 6.43. The maximum Gasteiger partial charge on any atom is 0.329 e. The van der Waals surface area contributed by atoms with Crippen LogP contribution in [0.5, 0.6) is 0 Å². The number of ether oxygens (including phenoxy) is 1. The van der Waals surface area contributed by atoms with Crippen molar-refractivity contribution in [3.05, 3.63) is 0 Å². The van der Waals surface area contributed by atoms with E-state index in [4.69, 9.17) is 4.74 Å². The Morgan fingerprint density at radius 3 is 1.47 bits per heavy atom. The molecule has 0 radical (unpaired) electrons. The van der Waals surface area contributed by atoms with Crippen LogP contribution in [-0.2, 0) is 62.3 Å². The van der Waals surface area contributed by atoms with Gasteiger partial charge in [0, 0.05) is 41.8 Å². The van der Waals surface area contributed by atoms with Gasteiger partial charge in [0.25, 0.3) is 5.91 Å². The summed E-state index contributed by atoms with van der Waals surface area (Å²) >= 11 is 0. The number of carboxylic acids is 2. The van der Waals surface area contributed by atoms with Crippen molar-refractivity contribution in [2.24, 2.45) is 35.5 Å². The highest BCUT2D eigenvalue weighted by atomic mass is 16.5. The van der Waals surface area contributed by atoms with E-state index < -0.39 is 174 Å². The molecule has 0 aromatic rings. The van der Waals surface area contributed by atoms with Crippen LogP contribution >= 0.6 is 0 Å². The summed E-state index contributed by atoms with van der Waals surface area (Å²) in [4.78, 5) is 177. The third kappa shape index (κ3) is 17.6. The van der Waals surface area contributed by atoms with E-state index in [1.54, 1.807) is 83.1 Å². The number of carbonyl (C=O) groups excluding carboxylic acids is 10. The van der Waals surface area contributed by atoms with Gasteiger partial charge in [-0.15, -0.1) is 0 Å². The number of fused-ring (bicyclic) bond motifs is 1. The van der Waals surface area contributed by atoms with E-state index in [2.05, 4.69) is 16.0 Å². The lowest BCUT2D eigenvalue weighted by Crippen LogP contribution is -2.63. The van der Waals surface area contributed by atoms with Crippen molar-refractivity contribution in [3.63, 3.8) is 0 Å². The fraction of sp³-hybridized carbons (Fsp3) is 0.782. The Balaban J connectivity index is 3.01. The number of piperidine rings is 1. The minimum absolute atomic E-state index is 0.0213. The molecule has 79 heavy (non-hydrogen) atoms. The molecule has 12 unspecified atom stereocenters. The lowest BCUT2D eigenvalue weighted by molar-refractivity contribution is -0.165. The van der Waals surface area contributed by atoms with Crippen molar-refractivity contribution in [2.75, 3.05) is 41.8 Å². The van der Waals surface area contributed by atoms with Crippen molar-refractivity contribution in [3.8, 4) is 0 Å². The van der Waals surface area contributed by atoms with E-state index in [9.17, 15) is 67.7 Å². The van der Waals surface area contributed by atoms with Gasteiger partial charge in [-0.2, -0.15) is 0 Å². The summed E-state index contributed by atoms with van der Waals surface area (Å²) in [6, 6.07) is -12.8. The number of rotatable bonds is 13. The first-order valence-electron chi connectivity index (χ1n) is 27.8. The molecular formula is C55H93N9O15. The number of amides is 9. The molecule has 0 aliphatic carbocycles. The molecule has 24 nitrogen and oxygen atoms in total. The summed E-state index contributed by atoms with van der Waals surface area (Å²) in [5.41, 5.74) is 0. The largest absolute Gasteiger partial charge is 0.481 e. The van der Waals surface area contributed by atoms with Gasteiger partial charge in [0.1, 0.15) is 54.4 Å². The van der Waals surface area contributed by atoms with E-state index >= 15 is 0 Å². The Morgan fingerprint density at radius 2 is 0.987 bits per heavy atom. The predicted molar refractivity (Wildman–Crippen MR) is 291 cm³/mol. The highest BCUT2D eigenvalue weighted by molar-refractivity contribution is 6.00. The van der Waals surface area contributed by atoms with Crippen LogP contribution in [-0.4, -0.2) is 213 Å². The molecular weight excluding hydrogens is 1030 g/mol. The summed E-state index contributed by atoms with van der Waals surface area (Å²) < 4.78 is 5.75. The van der Waals surface area contributed by atoms with E-state index in [0.29, 0.717) is 12.8 Å². The second-order valence-corrected chi connectivity index (χ2v) is 23.1. The smallest absolute Gasteiger partial charge is 0.329 e. The molecule has 0 saturated carbocycles. The Morgan fingerprint density at radius 1 is 0.532 bits per heavy atom. The Bertz CT molecular complexity index is 2220. The van der Waals surface area contributed by atoms with Gasteiger partial charge in [-0.05, 0) is 68.1 Å². The Hall–Kier alpha value is -6.36. The first-order chi connectivity index (χ1) is 36.6. The van der Waals surface area contributed by atoms with Crippen molar-refractivity contribution in [2.45, 2.75) is 202 Å². The number of likely N-dealkylation sites (N-methyl/N-ethyl adjacent to an activating group) is 5. The van der Waals surface area contributed by atoms with Gasteiger partial charge in [-0.25, -0.2) is 4.79 Å². The molecule has 0 aromatic carbocycles. The van der Waals surface area contributed by atoms with Gasteiger partial charge < -0.3 is 60.3 Å². The predicted octanol–water partition coefficient (Wildman–Crippen LogP) is 1.96. The van der Waals surface area contributed by atoms with Gasteiger partial charge >= 0.3 is 17.9 Å². The summed E-state index contributed by atoms with van der Waals surface area (Å²) in [6.45, 7) is 21.6. The summed E-state index contributed by atoms with van der Waals surface area (Å²) in [6.07, 6.45) is -1.55. The molecule has 2 heterocycles. The first kappa shape index (κ1) is 68.7. The minimum Gasteiger partial charge on any atom is -0.481 e. The van der Waals surface area contributed by atoms with Crippen LogP contribution in [0.15, 0.2) is 0 Å². The lowest BCUT2D eigenvalue weighted by Gasteiger charge is -2.41.